The molecule has 24 heavy (non-hydrogen) atoms. The molecule has 0 spiro atoms. The molecule has 0 amide bonds. The zero-order chi connectivity index (χ0) is 18.1. The molecule has 0 aliphatic rings. The van der Waals surface area contributed by atoms with E-state index in [4.69, 9.17) is 0 Å². The third-order valence-corrected chi connectivity index (χ3v) is 4.75. The van der Waals surface area contributed by atoms with Crippen LogP contribution in [0.25, 0.3) is 0 Å². The highest BCUT2D eigenvalue weighted by molar-refractivity contribution is 7.92. The summed E-state index contributed by atoms with van der Waals surface area (Å²) < 4.78 is 91.8. The first-order valence-electron chi connectivity index (χ1n) is 6.30. The van der Waals surface area contributed by atoms with E-state index in [0.29, 0.717) is 10.4 Å². The molecule has 0 aliphatic heterocycles. The third-order valence-electron chi connectivity index (χ3n) is 2.96. The fourth-order valence-electron chi connectivity index (χ4n) is 1.84. The Bertz CT molecular complexity index is 834. The molecule has 0 bridgehead atoms. The van der Waals surface area contributed by atoms with E-state index in [1.165, 1.54) is 0 Å². The van der Waals surface area contributed by atoms with Crippen molar-refractivity contribution in [2.45, 2.75) is 11.3 Å². The second-order valence-corrected chi connectivity index (χ2v) is 6.56. The molecule has 0 N–H and O–H groups in total. The molecule has 0 heterocycles. The average molecular weight is 367 g/mol. The van der Waals surface area contributed by atoms with E-state index in [0.717, 1.165) is 43.4 Å². The van der Waals surface area contributed by atoms with Crippen LogP contribution >= 0.6 is 0 Å². The van der Waals surface area contributed by atoms with Crippen molar-refractivity contribution in [1.82, 2.24) is 0 Å². The van der Waals surface area contributed by atoms with E-state index < -0.39 is 39.5 Å². The lowest BCUT2D eigenvalue weighted by Gasteiger charge is -2.20. The van der Waals surface area contributed by atoms with Gasteiger partial charge in [-0.1, -0.05) is 0 Å². The Morgan fingerprint density at radius 1 is 1.00 bits per heavy atom. The Kier molecular flexibility index (Phi) is 4.70. The Morgan fingerprint density at radius 2 is 1.58 bits per heavy atom. The molecular formula is C14H10F5NO3S. The average Bonchev–Trinajstić information content (AvgIpc) is 2.45. The van der Waals surface area contributed by atoms with Gasteiger partial charge in [-0.25, -0.2) is 17.2 Å². The third kappa shape index (κ3) is 3.94. The first-order chi connectivity index (χ1) is 11.0. The molecule has 130 valence electrons. The molecule has 0 saturated carbocycles. The van der Waals surface area contributed by atoms with Gasteiger partial charge in [0, 0.05) is 13.1 Å². The summed E-state index contributed by atoms with van der Waals surface area (Å²) in [5, 5.41) is 0. The number of anilines is 1. The zero-order valence-electron chi connectivity index (χ0n) is 12.0. The smallest absolute Gasteiger partial charge is 0.406 e. The van der Waals surface area contributed by atoms with Crippen LogP contribution in [0, 0.1) is 11.6 Å². The van der Waals surface area contributed by atoms with E-state index in [2.05, 4.69) is 4.74 Å². The van der Waals surface area contributed by atoms with Gasteiger partial charge in [-0.2, -0.15) is 0 Å². The van der Waals surface area contributed by atoms with Gasteiger partial charge in [0.05, 0.1) is 10.6 Å². The predicted molar refractivity (Wildman–Crippen MR) is 75.1 cm³/mol. The van der Waals surface area contributed by atoms with Crippen molar-refractivity contribution < 1.29 is 35.1 Å². The summed E-state index contributed by atoms with van der Waals surface area (Å²) >= 11 is 0. The molecule has 2 rings (SSSR count). The van der Waals surface area contributed by atoms with Crippen molar-refractivity contribution in [2.75, 3.05) is 11.4 Å². The number of hydrogen-bond acceptors (Lipinski definition) is 3. The maximum Gasteiger partial charge on any atom is 0.573 e. The van der Waals surface area contributed by atoms with Gasteiger partial charge in [0.1, 0.15) is 17.4 Å². The van der Waals surface area contributed by atoms with E-state index >= 15 is 0 Å². The van der Waals surface area contributed by atoms with Gasteiger partial charge in [-0.15, -0.1) is 13.2 Å². The lowest BCUT2D eigenvalue weighted by molar-refractivity contribution is -0.274. The van der Waals surface area contributed by atoms with Crippen molar-refractivity contribution in [2.24, 2.45) is 0 Å². The molecule has 0 aliphatic carbocycles. The van der Waals surface area contributed by atoms with Gasteiger partial charge in [0.2, 0.25) is 0 Å². The molecule has 0 atom stereocenters. The first kappa shape index (κ1) is 18.0. The Labute approximate surface area is 134 Å². The second kappa shape index (κ2) is 6.27. The maximum atomic E-state index is 13.7. The van der Waals surface area contributed by atoms with Crippen LogP contribution in [0.1, 0.15) is 0 Å². The number of nitrogens with zero attached hydrogens (tertiary/aromatic N) is 1. The summed E-state index contributed by atoms with van der Waals surface area (Å²) in [4.78, 5) is -0.386. The zero-order valence-corrected chi connectivity index (χ0v) is 12.8. The van der Waals surface area contributed by atoms with Crippen molar-refractivity contribution in [3.8, 4) is 5.75 Å². The quantitative estimate of drug-likeness (QED) is 0.775. The van der Waals surface area contributed by atoms with Crippen molar-refractivity contribution in [3.63, 3.8) is 0 Å². The summed E-state index contributed by atoms with van der Waals surface area (Å²) in [5.74, 6) is -2.58. The summed E-state index contributed by atoms with van der Waals surface area (Å²) in [6.45, 7) is 0. The van der Waals surface area contributed by atoms with Crippen LogP contribution in [0.5, 0.6) is 5.75 Å². The van der Waals surface area contributed by atoms with Gasteiger partial charge >= 0.3 is 6.36 Å². The Hall–Kier alpha value is -2.36. The number of halogens is 5. The fraction of sp³-hybridized carbons (Fsp3) is 0.143. The van der Waals surface area contributed by atoms with Gasteiger partial charge < -0.3 is 4.74 Å². The normalized spacial score (nSPS) is 12.1. The lowest BCUT2D eigenvalue weighted by Crippen LogP contribution is -2.27. The Morgan fingerprint density at radius 3 is 2.08 bits per heavy atom. The van der Waals surface area contributed by atoms with E-state index in [9.17, 15) is 30.4 Å². The van der Waals surface area contributed by atoms with Crippen LogP contribution in [0.15, 0.2) is 47.4 Å². The minimum absolute atomic E-state index is 0.386. The van der Waals surface area contributed by atoms with Crippen molar-refractivity contribution in [1.29, 1.82) is 0 Å². The topological polar surface area (TPSA) is 46.6 Å². The molecule has 10 heteroatoms. The largest absolute Gasteiger partial charge is 0.573 e. The van der Waals surface area contributed by atoms with Crippen LogP contribution in [-0.2, 0) is 10.0 Å². The monoisotopic (exact) mass is 367 g/mol. The molecule has 0 fully saturated rings. The second-order valence-electron chi connectivity index (χ2n) is 4.59. The molecule has 0 radical (unpaired) electrons. The minimum atomic E-state index is -4.91. The summed E-state index contributed by atoms with van der Waals surface area (Å²) in [6.07, 6.45) is -4.91. The Balaban J connectivity index is 2.32. The molecule has 4 nitrogen and oxygen atoms in total. The number of hydrogen-bond donors (Lipinski definition) is 0. The van der Waals surface area contributed by atoms with Crippen LogP contribution in [0.4, 0.5) is 27.6 Å². The number of benzene rings is 2. The summed E-state index contributed by atoms with van der Waals surface area (Å²) in [6, 6.07) is 5.73. The molecular weight excluding hydrogens is 357 g/mol. The van der Waals surface area contributed by atoms with E-state index in [1.54, 1.807) is 0 Å². The first-order valence-corrected chi connectivity index (χ1v) is 7.74. The number of alkyl halides is 3. The minimum Gasteiger partial charge on any atom is -0.406 e. The van der Waals surface area contributed by atoms with Crippen molar-refractivity contribution in [3.05, 3.63) is 54.1 Å². The van der Waals surface area contributed by atoms with Gasteiger partial charge in [-0.05, 0) is 36.4 Å². The number of rotatable bonds is 4. The summed E-state index contributed by atoms with van der Waals surface area (Å²) in [5.41, 5.74) is -0.410. The molecule has 2 aromatic carbocycles. The highest BCUT2D eigenvalue weighted by Crippen LogP contribution is 2.28. The molecule has 0 saturated heterocycles. The lowest BCUT2D eigenvalue weighted by atomic mass is 10.3. The SMILES string of the molecule is CN(c1ccc(F)cc1F)S(=O)(=O)c1ccc(OC(F)(F)F)cc1. The van der Waals surface area contributed by atoms with Crippen LogP contribution in [-0.4, -0.2) is 21.8 Å². The fourth-order valence-corrected chi connectivity index (χ4v) is 3.04. The van der Waals surface area contributed by atoms with Gasteiger partial charge in [0.15, 0.2) is 0 Å². The van der Waals surface area contributed by atoms with Crippen LogP contribution in [0.2, 0.25) is 0 Å². The molecule has 0 aromatic heterocycles. The van der Waals surface area contributed by atoms with Crippen molar-refractivity contribution >= 4 is 15.7 Å². The van der Waals surface area contributed by atoms with Gasteiger partial charge in [-0.3, -0.25) is 4.31 Å². The summed E-state index contributed by atoms with van der Waals surface area (Å²) in [7, 11) is -3.22. The highest BCUT2D eigenvalue weighted by Gasteiger charge is 2.31. The molecule has 0 unspecified atom stereocenters. The van der Waals surface area contributed by atoms with Crippen LogP contribution < -0.4 is 9.04 Å². The van der Waals surface area contributed by atoms with E-state index in [-0.39, 0.29) is 4.90 Å². The maximum absolute atomic E-state index is 13.7. The van der Waals surface area contributed by atoms with Gasteiger partial charge in [0.25, 0.3) is 10.0 Å². The van der Waals surface area contributed by atoms with Crippen LogP contribution in [0.3, 0.4) is 0 Å². The molecule has 2 aromatic rings. The predicted octanol–water partition coefficient (Wildman–Crippen LogP) is 3.69. The number of sulfonamides is 1. The van der Waals surface area contributed by atoms with E-state index in [1.807, 2.05) is 0 Å². The standard InChI is InChI=1S/C14H10F5NO3S/c1-20(13-7-2-9(15)8-12(13)16)24(21,22)11-5-3-10(4-6-11)23-14(17,18)19/h2-8H,1H3. The highest BCUT2D eigenvalue weighted by atomic mass is 32.2. The number of ether oxygens (including phenoxy) is 1.